The molecule has 9 heteroatoms. The van der Waals surface area contributed by atoms with Gasteiger partial charge in [-0.15, -0.1) is 0 Å². The lowest BCUT2D eigenvalue weighted by molar-refractivity contribution is 0.390. The van der Waals surface area contributed by atoms with E-state index in [2.05, 4.69) is 0 Å². The lowest BCUT2D eigenvalue weighted by Gasteiger charge is -2.20. The van der Waals surface area contributed by atoms with E-state index in [1.54, 1.807) is 42.5 Å². The number of hydrogen-bond donors (Lipinski definition) is 4. The summed E-state index contributed by atoms with van der Waals surface area (Å²) in [5.74, 6) is -0.0840. The molecule has 0 bridgehead atoms. The quantitative estimate of drug-likeness (QED) is 0.173. The number of aromatic hydroxyl groups is 4. The van der Waals surface area contributed by atoms with E-state index in [0.29, 0.717) is 28.4 Å². The van der Waals surface area contributed by atoms with Gasteiger partial charge in [0.05, 0.1) is 26.9 Å². The lowest BCUT2D eigenvalue weighted by Crippen LogP contribution is -2.07. The number of methoxy groups -OCH3 is 3. The number of phenols is 4. The van der Waals surface area contributed by atoms with Gasteiger partial charge >= 0.3 is 0 Å². The molecule has 42 heavy (non-hydrogen) atoms. The van der Waals surface area contributed by atoms with Crippen LogP contribution in [0.25, 0.3) is 28.2 Å². The Morgan fingerprint density at radius 2 is 1.45 bits per heavy atom. The molecule has 1 atom stereocenters. The molecule has 4 N–H and O–H groups in total. The van der Waals surface area contributed by atoms with Crippen LogP contribution < -0.4 is 19.6 Å². The molecule has 9 nitrogen and oxygen atoms in total. The van der Waals surface area contributed by atoms with Gasteiger partial charge in [0.2, 0.25) is 5.43 Å². The largest absolute Gasteiger partial charge is 0.508 e. The number of hydrogen-bond acceptors (Lipinski definition) is 9. The molecule has 0 amide bonds. The average Bonchev–Trinajstić information content (AvgIpc) is 2.99. The first kappa shape index (κ1) is 28.0. The van der Waals surface area contributed by atoms with Crippen LogP contribution in [0.3, 0.4) is 0 Å². The molecule has 0 fully saturated rings. The number of phenolic OH excluding ortho intramolecular Hbond substituents is 4. The maximum absolute atomic E-state index is 13.5. The number of benzene rings is 4. The van der Waals surface area contributed by atoms with Gasteiger partial charge in [0.15, 0.2) is 0 Å². The molecule has 1 heterocycles. The number of allylic oxidation sites excluding steroid dienone is 1. The minimum absolute atomic E-state index is 0.0234. The van der Waals surface area contributed by atoms with E-state index in [4.69, 9.17) is 18.6 Å². The third-order valence-electron chi connectivity index (χ3n) is 6.99. The second-order valence-corrected chi connectivity index (χ2v) is 9.46. The molecule has 4 aromatic carbocycles. The predicted molar refractivity (Wildman–Crippen MR) is 158 cm³/mol. The highest BCUT2D eigenvalue weighted by molar-refractivity contribution is 5.89. The topological polar surface area (TPSA) is 139 Å². The van der Waals surface area contributed by atoms with Gasteiger partial charge in [-0.1, -0.05) is 30.4 Å². The second kappa shape index (κ2) is 11.5. The van der Waals surface area contributed by atoms with Gasteiger partial charge in [0.25, 0.3) is 0 Å². The summed E-state index contributed by atoms with van der Waals surface area (Å²) in [6, 6.07) is 17.3. The van der Waals surface area contributed by atoms with Crippen LogP contribution in [0.5, 0.6) is 40.2 Å². The average molecular weight is 569 g/mol. The van der Waals surface area contributed by atoms with Gasteiger partial charge in [-0.25, -0.2) is 0 Å². The summed E-state index contributed by atoms with van der Waals surface area (Å²) in [5, 5.41) is 42.1. The fourth-order valence-electron chi connectivity index (χ4n) is 4.81. The van der Waals surface area contributed by atoms with Crippen molar-refractivity contribution in [3.63, 3.8) is 0 Å². The summed E-state index contributed by atoms with van der Waals surface area (Å²) in [7, 11) is 4.48. The zero-order chi connectivity index (χ0) is 30.0. The summed E-state index contributed by atoms with van der Waals surface area (Å²) in [4.78, 5) is 13.5. The second-order valence-electron chi connectivity index (χ2n) is 9.46. The molecule has 0 saturated heterocycles. The molecular formula is C33H28O9. The Kier molecular flexibility index (Phi) is 7.66. The summed E-state index contributed by atoms with van der Waals surface area (Å²) >= 11 is 0. The van der Waals surface area contributed by atoms with Gasteiger partial charge in [0.1, 0.15) is 57.5 Å². The van der Waals surface area contributed by atoms with Crippen LogP contribution in [0.2, 0.25) is 0 Å². The van der Waals surface area contributed by atoms with E-state index in [9.17, 15) is 25.2 Å². The minimum atomic E-state index is -0.635. The van der Waals surface area contributed by atoms with Crippen molar-refractivity contribution in [2.24, 2.45) is 0 Å². The molecule has 0 saturated carbocycles. The van der Waals surface area contributed by atoms with Gasteiger partial charge in [-0.2, -0.15) is 0 Å². The monoisotopic (exact) mass is 568 g/mol. The lowest BCUT2D eigenvalue weighted by atomic mass is 9.87. The van der Waals surface area contributed by atoms with E-state index in [1.165, 1.54) is 45.8 Å². The van der Waals surface area contributed by atoms with E-state index in [-0.39, 0.29) is 45.1 Å². The summed E-state index contributed by atoms with van der Waals surface area (Å²) < 4.78 is 21.8. The smallest absolute Gasteiger partial charge is 0.204 e. The summed E-state index contributed by atoms with van der Waals surface area (Å²) in [6.45, 7) is 0. The molecule has 1 aromatic heterocycles. The Labute approximate surface area is 240 Å². The van der Waals surface area contributed by atoms with E-state index in [1.807, 2.05) is 12.2 Å². The van der Waals surface area contributed by atoms with Crippen LogP contribution in [0.4, 0.5) is 0 Å². The van der Waals surface area contributed by atoms with Crippen molar-refractivity contribution in [2.75, 3.05) is 21.3 Å². The Morgan fingerprint density at radius 3 is 2.14 bits per heavy atom. The van der Waals surface area contributed by atoms with E-state index in [0.717, 1.165) is 11.6 Å². The normalized spacial score (nSPS) is 12.0. The van der Waals surface area contributed by atoms with Crippen molar-refractivity contribution in [3.05, 3.63) is 106 Å². The molecule has 0 aliphatic heterocycles. The van der Waals surface area contributed by atoms with Crippen LogP contribution in [-0.2, 0) is 0 Å². The SMILES string of the molecule is COc1ccc([C@H](/C=C/c2ccc(O)cc2)c2cc(-c3coc4cc(OC)cc(O)c4c3=O)c(O)cc2O)c(OC)c1. The zero-order valence-corrected chi connectivity index (χ0v) is 23.0. The minimum Gasteiger partial charge on any atom is -0.508 e. The van der Waals surface area contributed by atoms with Gasteiger partial charge in [0, 0.05) is 46.9 Å². The third-order valence-corrected chi connectivity index (χ3v) is 6.99. The molecular weight excluding hydrogens is 540 g/mol. The Morgan fingerprint density at radius 1 is 0.714 bits per heavy atom. The van der Waals surface area contributed by atoms with Crippen LogP contribution in [-0.4, -0.2) is 41.8 Å². The van der Waals surface area contributed by atoms with Crippen molar-refractivity contribution in [3.8, 4) is 51.4 Å². The van der Waals surface area contributed by atoms with Crippen LogP contribution >= 0.6 is 0 Å². The van der Waals surface area contributed by atoms with E-state index < -0.39 is 11.3 Å². The highest BCUT2D eigenvalue weighted by Gasteiger charge is 2.24. The zero-order valence-electron chi connectivity index (χ0n) is 23.0. The first-order valence-electron chi connectivity index (χ1n) is 12.8. The van der Waals surface area contributed by atoms with Crippen LogP contribution in [0.1, 0.15) is 22.6 Å². The Hall–Kier alpha value is -5.57. The predicted octanol–water partition coefficient (Wildman–Crippen LogP) is 6.15. The van der Waals surface area contributed by atoms with Crippen molar-refractivity contribution >= 4 is 17.0 Å². The molecule has 0 spiro atoms. The maximum atomic E-state index is 13.5. The van der Waals surface area contributed by atoms with Gasteiger partial charge < -0.3 is 39.1 Å². The van der Waals surface area contributed by atoms with Crippen LogP contribution in [0, 0.1) is 0 Å². The molecule has 5 aromatic rings. The number of ether oxygens (including phenoxy) is 3. The molecule has 0 aliphatic carbocycles. The fourth-order valence-corrected chi connectivity index (χ4v) is 4.81. The number of rotatable bonds is 8. The standard InChI is InChI=1S/C33H28O9/c1-39-20-9-11-23(30(13-20)41-3)22(10-6-18-4-7-19(34)8-5-18)24-15-25(28(36)16-27(24)35)26-17-42-31-14-21(40-2)12-29(37)32(31)33(26)38/h4-17,22,34-37H,1-3H3/b10-6+/t22-/m0/s1. The fraction of sp³-hybridized carbons (Fsp3) is 0.121. The molecule has 0 radical (unpaired) electrons. The van der Waals surface area contributed by atoms with Crippen molar-refractivity contribution in [2.45, 2.75) is 5.92 Å². The van der Waals surface area contributed by atoms with Gasteiger partial charge in [-0.05, 0) is 29.8 Å². The molecule has 214 valence electrons. The van der Waals surface area contributed by atoms with Gasteiger partial charge in [-0.3, -0.25) is 4.79 Å². The van der Waals surface area contributed by atoms with E-state index >= 15 is 0 Å². The molecule has 0 unspecified atom stereocenters. The first-order valence-corrected chi connectivity index (χ1v) is 12.8. The molecule has 0 aliphatic rings. The van der Waals surface area contributed by atoms with Crippen LogP contribution in [0.15, 0.2) is 88.3 Å². The first-order chi connectivity index (χ1) is 20.2. The maximum Gasteiger partial charge on any atom is 0.204 e. The number of fused-ring (bicyclic) bond motifs is 1. The molecule has 5 rings (SSSR count). The highest BCUT2D eigenvalue weighted by Crippen LogP contribution is 2.43. The van der Waals surface area contributed by atoms with Crippen molar-refractivity contribution in [1.82, 2.24) is 0 Å². The summed E-state index contributed by atoms with van der Waals surface area (Å²) in [5.41, 5.74) is 1.38. The highest BCUT2D eigenvalue weighted by atomic mass is 16.5. The Balaban J connectivity index is 1.71. The summed E-state index contributed by atoms with van der Waals surface area (Å²) in [6.07, 6.45) is 4.83. The Bertz CT molecular complexity index is 1850. The van der Waals surface area contributed by atoms with Crippen molar-refractivity contribution < 1.29 is 39.1 Å². The van der Waals surface area contributed by atoms with Crippen molar-refractivity contribution in [1.29, 1.82) is 0 Å². The third kappa shape index (κ3) is 5.27.